The van der Waals surface area contributed by atoms with Crippen LogP contribution in [0.4, 0.5) is 0 Å². The summed E-state index contributed by atoms with van der Waals surface area (Å²) in [6.07, 6.45) is 0.795. The fraction of sp³-hybridized carbons (Fsp3) is 0.417. The van der Waals surface area contributed by atoms with E-state index in [0.717, 1.165) is 0 Å². The molecule has 1 aliphatic rings. The normalized spacial score (nSPS) is 26.6. The molecule has 0 aliphatic heterocycles. The van der Waals surface area contributed by atoms with Gasteiger partial charge in [0, 0.05) is 20.2 Å². The largest absolute Gasteiger partial charge is 0.294 e. The first kappa shape index (κ1) is 3.23. The van der Waals surface area contributed by atoms with Crippen molar-refractivity contribution < 1.29 is 15.8 Å². The van der Waals surface area contributed by atoms with Gasteiger partial charge in [0.15, 0.2) is 5.78 Å². The number of Topliss-reactive ketones (excluding diaryl/α,β-unsaturated/α-hetero) is 1. The van der Waals surface area contributed by atoms with Crippen LogP contribution < -0.4 is 0 Å². The number of carbonyl (C=O) groups is 1. The zero-order chi connectivity index (χ0) is 16.2. The van der Waals surface area contributed by atoms with Crippen LogP contribution >= 0.6 is 0 Å². The lowest BCUT2D eigenvalue weighted by Gasteiger charge is -2.18. The zero-order valence-electron chi connectivity index (χ0n) is 15.0. The van der Waals surface area contributed by atoms with Crippen LogP contribution in [0.5, 0.6) is 0 Å². The van der Waals surface area contributed by atoms with Crippen molar-refractivity contribution in [2.45, 2.75) is 33.0 Å². The number of benzene rings is 1. The summed E-state index contributed by atoms with van der Waals surface area (Å²) in [5.41, 5.74) is -0.907. The maximum Gasteiger partial charge on any atom is 0.163 e. The summed E-state index contributed by atoms with van der Waals surface area (Å²) in [5.74, 6) is -0.457. The first-order chi connectivity index (χ1) is 9.46. The molecule has 68 valence electrons. The van der Waals surface area contributed by atoms with Gasteiger partial charge in [-0.05, 0) is 43.2 Å². The van der Waals surface area contributed by atoms with Gasteiger partial charge >= 0.3 is 0 Å². The second-order valence-corrected chi connectivity index (χ2v) is 3.13. The molecule has 0 radical (unpaired) electrons. The first-order valence-electron chi connectivity index (χ1n) is 8.16. The Hall–Kier alpha value is -1.11. The van der Waals surface area contributed by atoms with Gasteiger partial charge in [-0.3, -0.25) is 4.79 Å². The van der Waals surface area contributed by atoms with Crippen molar-refractivity contribution >= 4 is 5.78 Å². The molecule has 1 aromatic rings. The first-order valence-corrected chi connectivity index (χ1v) is 4.16. The van der Waals surface area contributed by atoms with E-state index in [2.05, 4.69) is 0 Å². The van der Waals surface area contributed by atoms with E-state index >= 15 is 0 Å². The van der Waals surface area contributed by atoms with Crippen molar-refractivity contribution in [2.75, 3.05) is 0 Å². The molecule has 0 aromatic heterocycles. The smallest absolute Gasteiger partial charge is 0.163 e. The van der Waals surface area contributed by atoms with Crippen LogP contribution in [0.1, 0.15) is 50.9 Å². The molecule has 0 unspecified atom stereocenters. The summed E-state index contributed by atoms with van der Waals surface area (Å²) >= 11 is 0. The zero-order valence-corrected chi connectivity index (χ0v) is 7.03. The third-order valence-electron chi connectivity index (χ3n) is 2.28. The van der Waals surface area contributed by atoms with E-state index in [0.29, 0.717) is 6.42 Å². The summed E-state index contributed by atoms with van der Waals surface area (Å²) in [5, 5.41) is 0. The molecule has 0 saturated carbocycles. The maximum atomic E-state index is 12.1. The lowest BCUT2D eigenvalue weighted by molar-refractivity contribution is 0.0971. The van der Waals surface area contributed by atoms with Crippen LogP contribution in [0.2, 0.25) is 0 Å². The number of rotatable bonds is 0. The van der Waals surface area contributed by atoms with E-state index in [9.17, 15) is 4.79 Å². The molecule has 1 heteroatoms. The van der Waals surface area contributed by atoms with Gasteiger partial charge in [-0.25, -0.2) is 0 Å². The average molecular weight is 182 g/mol. The van der Waals surface area contributed by atoms with Gasteiger partial charge in [0.1, 0.15) is 0 Å². The van der Waals surface area contributed by atoms with E-state index in [1.165, 1.54) is 0 Å². The number of fused-ring (bicyclic) bond motifs is 1. The molecule has 1 aliphatic carbocycles. The lowest BCUT2D eigenvalue weighted by Crippen LogP contribution is -2.13. The highest BCUT2D eigenvalue weighted by molar-refractivity contribution is 6.00. The summed E-state index contributed by atoms with van der Waals surface area (Å²) < 4.78 is 60.8. The Bertz CT molecular complexity index is 611. The van der Waals surface area contributed by atoms with Gasteiger partial charge in [-0.1, -0.05) is 12.1 Å². The molecule has 0 atom stereocenters. The summed E-state index contributed by atoms with van der Waals surface area (Å²) in [7, 11) is 0. The van der Waals surface area contributed by atoms with Crippen molar-refractivity contribution in [1.82, 2.24) is 0 Å². The molecule has 0 amide bonds. The lowest BCUT2D eigenvalue weighted by atomic mass is 9.85. The fourth-order valence-corrected chi connectivity index (χ4v) is 1.65. The molecular weight excluding hydrogens is 160 g/mol. The van der Waals surface area contributed by atoms with Gasteiger partial charge in [-0.15, -0.1) is 0 Å². The Labute approximate surface area is 90.0 Å². The monoisotopic (exact) mass is 182 g/mol. The molecule has 0 N–H and O–H groups in total. The van der Waals surface area contributed by atoms with E-state index in [1.54, 1.807) is 0 Å². The van der Waals surface area contributed by atoms with Crippen LogP contribution in [-0.2, 0) is 6.42 Å². The van der Waals surface area contributed by atoms with Gasteiger partial charge in [0.05, 0.1) is 2.74 Å². The van der Waals surface area contributed by atoms with Crippen molar-refractivity contribution in [3.05, 3.63) is 34.3 Å². The second-order valence-electron chi connectivity index (χ2n) is 3.13. The maximum absolute atomic E-state index is 12.1. The third kappa shape index (κ3) is 1.28. The van der Waals surface area contributed by atoms with E-state index in [4.69, 9.17) is 11.0 Å². The highest BCUT2D eigenvalue weighted by Crippen LogP contribution is 2.26. The van der Waals surface area contributed by atoms with Gasteiger partial charge in [-0.2, -0.15) is 0 Å². The van der Waals surface area contributed by atoms with Crippen LogP contribution in [0, 0.1) is 13.7 Å². The van der Waals surface area contributed by atoms with Crippen LogP contribution in [0.15, 0.2) is 12.1 Å². The highest BCUT2D eigenvalue weighted by Gasteiger charge is 2.19. The molecule has 0 saturated heterocycles. The molecule has 1 aromatic carbocycles. The molecule has 0 spiro atoms. The summed E-state index contributed by atoms with van der Waals surface area (Å²) in [6, 6.07) is -1.30. The Morgan fingerprint density at radius 3 is 2.85 bits per heavy atom. The van der Waals surface area contributed by atoms with Crippen LogP contribution in [0.25, 0.3) is 0 Å². The number of hydrogen-bond acceptors (Lipinski definition) is 1. The van der Waals surface area contributed by atoms with Crippen molar-refractivity contribution in [2.24, 2.45) is 0 Å². The van der Waals surface area contributed by atoms with Crippen LogP contribution in [-0.4, -0.2) is 5.78 Å². The molecule has 0 heterocycles. The number of ketones is 1. The van der Waals surface area contributed by atoms with Gasteiger partial charge in [0.25, 0.3) is 0 Å². The third-order valence-corrected chi connectivity index (χ3v) is 2.28. The predicted molar refractivity (Wildman–Crippen MR) is 53.2 cm³/mol. The SMILES string of the molecule is [2H]c1c([2H])c(C([2H])([2H])[2H])c2c(c1C([2H])([2H])[2H])CCCC2=O. The second kappa shape index (κ2) is 2.99. The summed E-state index contributed by atoms with van der Waals surface area (Å²) in [4.78, 5) is 12.1. The predicted octanol–water partition coefficient (Wildman–Crippen LogP) is 2.82. The Kier molecular flexibility index (Phi) is 0.742. The standard InChI is InChI=1S/C12H14O/c1-8-6-7-9(2)12-10(8)4-3-5-11(12)13/h6-7H,3-5H2,1-2H3/i1D3,2D3,6D,7D. The van der Waals surface area contributed by atoms with Crippen molar-refractivity contribution in [1.29, 1.82) is 0 Å². The minimum absolute atomic E-state index is 0.110. The summed E-state index contributed by atoms with van der Waals surface area (Å²) in [6.45, 7) is -5.38. The number of hydrogen-bond donors (Lipinski definition) is 0. The topological polar surface area (TPSA) is 17.1 Å². The molecule has 0 bridgehead atoms. The van der Waals surface area contributed by atoms with Crippen molar-refractivity contribution in [3.63, 3.8) is 0 Å². The van der Waals surface area contributed by atoms with E-state index < -0.39 is 37.1 Å². The number of carbonyl (C=O) groups excluding carboxylic acids is 1. The Morgan fingerprint density at radius 2 is 2.08 bits per heavy atom. The molecule has 2 rings (SSSR count). The Balaban J connectivity index is 2.96. The van der Waals surface area contributed by atoms with E-state index in [1.807, 2.05) is 0 Å². The highest BCUT2D eigenvalue weighted by atomic mass is 16.1. The minimum atomic E-state index is -2.72. The molecule has 0 fully saturated rings. The molecule has 1 nitrogen and oxygen atoms in total. The van der Waals surface area contributed by atoms with Gasteiger partial charge in [0.2, 0.25) is 0 Å². The van der Waals surface area contributed by atoms with Gasteiger partial charge < -0.3 is 0 Å². The quantitative estimate of drug-likeness (QED) is 0.603. The molecular formula is C12H14O. The average Bonchev–Trinajstić information content (AvgIpc) is 2.28. The Morgan fingerprint density at radius 1 is 1.31 bits per heavy atom. The fourth-order valence-electron chi connectivity index (χ4n) is 1.65. The molecule has 13 heavy (non-hydrogen) atoms. The van der Waals surface area contributed by atoms with Crippen molar-refractivity contribution in [3.8, 4) is 0 Å². The van der Waals surface area contributed by atoms with Crippen LogP contribution in [0.3, 0.4) is 0 Å². The minimum Gasteiger partial charge on any atom is -0.294 e. The van der Waals surface area contributed by atoms with E-state index in [-0.39, 0.29) is 29.5 Å².